The first-order valence-electron chi connectivity index (χ1n) is 8.30. The number of benzene rings is 2. The van der Waals surface area contributed by atoms with Gasteiger partial charge in [0.1, 0.15) is 17.2 Å². The maximum absolute atomic E-state index is 6.28. The second kappa shape index (κ2) is 6.08. The van der Waals surface area contributed by atoms with Gasteiger partial charge in [-0.2, -0.15) is 5.10 Å². The molecule has 2 aliphatic heterocycles. The molecule has 130 valence electrons. The second-order valence-corrected chi connectivity index (χ2v) is 7.20. The fraction of sp³-hybridized carbons (Fsp3) is 0.150. The first kappa shape index (κ1) is 15.8. The van der Waals surface area contributed by atoms with E-state index in [1.807, 2.05) is 59.6 Å². The average molecular weight is 385 g/mol. The third kappa shape index (κ3) is 2.57. The number of ether oxygens (including phenoxy) is 1. The second-order valence-electron chi connectivity index (χ2n) is 6.33. The van der Waals surface area contributed by atoms with Crippen LogP contribution in [0.3, 0.4) is 0 Å². The third-order valence-corrected chi connectivity index (χ3v) is 5.16. The summed E-state index contributed by atoms with van der Waals surface area (Å²) in [7, 11) is 0. The number of fused-ring (bicyclic) bond motifs is 3. The van der Waals surface area contributed by atoms with E-state index in [1.54, 1.807) is 6.26 Å². The van der Waals surface area contributed by atoms with E-state index in [1.165, 1.54) is 0 Å². The van der Waals surface area contributed by atoms with Crippen LogP contribution < -0.4 is 4.74 Å². The summed E-state index contributed by atoms with van der Waals surface area (Å²) in [5.41, 5.74) is 2.87. The molecular weight excluding hydrogens is 371 g/mol. The highest BCUT2D eigenvalue weighted by atomic mass is 35.5. The molecule has 5 rings (SSSR count). The highest BCUT2D eigenvalue weighted by Gasteiger charge is 2.41. The van der Waals surface area contributed by atoms with E-state index in [-0.39, 0.29) is 12.3 Å². The number of rotatable bonds is 2. The van der Waals surface area contributed by atoms with Gasteiger partial charge in [0.05, 0.1) is 12.3 Å². The van der Waals surface area contributed by atoms with Gasteiger partial charge in [-0.3, -0.25) is 0 Å². The average Bonchev–Trinajstić information content (AvgIpc) is 3.31. The van der Waals surface area contributed by atoms with Crippen LogP contribution in [0, 0.1) is 0 Å². The molecule has 3 heterocycles. The minimum absolute atomic E-state index is 0.0292. The Morgan fingerprint density at radius 3 is 2.69 bits per heavy atom. The first-order chi connectivity index (χ1) is 12.7. The van der Waals surface area contributed by atoms with Crippen molar-refractivity contribution in [3.05, 3.63) is 87.8 Å². The number of nitrogens with zero attached hydrogens (tertiary/aromatic N) is 2. The molecule has 0 radical (unpaired) electrons. The normalized spacial score (nSPS) is 21.0. The van der Waals surface area contributed by atoms with Crippen LogP contribution in [0.15, 0.2) is 70.4 Å². The van der Waals surface area contributed by atoms with Crippen LogP contribution in [0.1, 0.15) is 35.6 Å². The zero-order chi connectivity index (χ0) is 17.7. The fourth-order valence-corrected chi connectivity index (χ4v) is 3.91. The molecule has 3 aromatic rings. The van der Waals surface area contributed by atoms with Crippen LogP contribution >= 0.6 is 23.2 Å². The molecule has 26 heavy (non-hydrogen) atoms. The number of halogens is 2. The van der Waals surface area contributed by atoms with Gasteiger partial charge in [-0.25, -0.2) is 5.01 Å². The lowest BCUT2D eigenvalue weighted by Gasteiger charge is -2.38. The van der Waals surface area contributed by atoms with Gasteiger partial charge in [-0.15, -0.1) is 0 Å². The van der Waals surface area contributed by atoms with Crippen LogP contribution in [0.25, 0.3) is 0 Å². The Balaban J connectivity index is 1.63. The number of furan rings is 1. The lowest BCUT2D eigenvalue weighted by Crippen LogP contribution is -2.33. The maximum atomic E-state index is 6.28. The highest BCUT2D eigenvalue weighted by molar-refractivity contribution is 6.31. The summed E-state index contributed by atoms with van der Waals surface area (Å²) in [4.78, 5) is 0. The predicted octanol–water partition coefficient (Wildman–Crippen LogP) is 5.83. The molecule has 0 unspecified atom stereocenters. The Morgan fingerprint density at radius 2 is 1.88 bits per heavy atom. The Kier molecular flexibility index (Phi) is 3.69. The zero-order valence-corrected chi connectivity index (χ0v) is 15.1. The number of hydrogen-bond acceptors (Lipinski definition) is 4. The summed E-state index contributed by atoms with van der Waals surface area (Å²) in [6, 6.07) is 17.2. The van der Waals surface area contributed by atoms with Crippen molar-refractivity contribution >= 4 is 28.9 Å². The minimum Gasteiger partial charge on any atom is -0.464 e. The quantitative estimate of drug-likeness (QED) is 0.557. The standard InChI is InChI=1S/C20H14Cl2N2O2/c21-13-4-1-3-12(9-13)20-24-17(11-16(23-24)19-5-2-8-25-19)15-10-14(22)6-7-18(15)26-20/h1-10,17,20H,11H2/t17-,20+/m1/s1. The van der Waals surface area contributed by atoms with Crippen LogP contribution in [0.4, 0.5) is 0 Å². The molecule has 0 aliphatic carbocycles. The summed E-state index contributed by atoms with van der Waals surface area (Å²) in [6.45, 7) is 0. The number of hydrazone groups is 1. The van der Waals surface area contributed by atoms with E-state index < -0.39 is 0 Å². The third-order valence-electron chi connectivity index (χ3n) is 4.69. The molecular formula is C20H14Cl2N2O2. The first-order valence-corrected chi connectivity index (χ1v) is 9.06. The van der Waals surface area contributed by atoms with E-state index in [9.17, 15) is 0 Å². The van der Waals surface area contributed by atoms with Crippen LogP contribution in [-0.4, -0.2) is 10.7 Å². The van der Waals surface area contributed by atoms with Gasteiger partial charge in [0, 0.05) is 27.6 Å². The van der Waals surface area contributed by atoms with Gasteiger partial charge < -0.3 is 9.15 Å². The summed E-state index contributed by atoms with van der Waals surface area (Å²) >= 11 is 12.4. The zero-order valence-electron chi connectivity index (χ0n) is 13.6. The van der Waals surface area contributed by atoms with Crippen molar-refractivity contribution in [1.29, 1.82) is 0 Å². The van der Waals surface area contributed by atoms with Gasteiger partial charge in [-0.1, -0.05) is 35.3 Å². The van der Waals surface area contributed by atoms with Gasteiger partial charge >= 0.3 is 0 Å². The molecule has 0 saturated heterocycles. The monoisotopic (exact) mass is 384 g/mol. The van der Waals surface area contributed by atoms with Crippen molar-refractivity contribution < 1.29 is 9.15 Å². The topological polar surface area (TPSA) is 38.0 Å². The molecule has 0 N–H and O–H groups in total. The van der Waals surface area contributed by atoms with Gasteiger partial charge in [0.2, 0.25) is 6.23 Å². The molecule has 2 aromatic carbocycles. The Labute approximate surface area is 160 Å². The van der Waals surface area contributed by atoms with Crippen LogP contribution in [-0.2, 0) is 0 Å². The molecule has 1 aromatic heterocycles. The van der Waals surface area contributed by atoms with Crippen molar-refractivity contribution in [3.8, 4) is 5.75 Å². The maximum Gasteiger partial charge on any atom is 0.213 e. The Bertz CT molecular complexity index is 1000. The Morgan fingerprint density at radius 1 is 1.00 bits per heavy atom. The lowest BCUT2D eigenvalue weighted by atomic mass is 9.97. The largest absolute Gasteiger partial charge is 0.464 e. The smallest absolute Gasteiger partial charge is 0.213 e. The lowest BCUT2D eigenvalue weighted by molar-refractivity contribution is -0.0190. The Hall–Kier alpha value is -2.43. The van der Waals surface area contributed by atoms with E-state index in [0.29, 0.717) is 10.0 Å². The minimum atomic E-state index is -0.361. The fourth-order valence-electron chi connectivity index (χ4n) is 3.53. The van der Waals surface area contributed by atoms with Crippen molar-refractivity contribution in [2.75, 3.05) is 0 Å². The summed E-state index contributed by atoms with van der Waals surface area (Å²) in [5.74, 6) is 1.59. The van der Waals surface area contributed by atoms with Gasteiger partial charge in [0.25, 0.3) is 0 Å². The molecule has 6 heteroatoms. The van der Waals surface area contributed by atoms with Gasteiger partial charge in [0.15, 0.2) is 0 Å². The molecule has 0 bridgehead atoms. The van der Waals surface area contributed by atoms with Crippen LogP contribution in [0.5, 0.6) is 5.75 Å². The molecule has 0 spiro atoms. The van der Waals surface area contributed by atoms with Crippen molar-refractivity contribution in [3.63, 3.8) is 0 Å². The predicted molar refractivity (Wildman–Crippen MR) is 101 cm³/mol. The molecule has 4 nitrogen and oxygen atoms in total. The van der Waals surface area contributed by atoms with Gasteiger partial charge in [-0.05, 0) is 42.5 Å². The van der Waals surface area contributed by atoms with Crippen molar-refractivity contribution in [1.82, 2.24) is 5.01 Å². The van der Waals surface area contributed by atoms with E-state index >= 15 is 0 Å². The van der Waals surface area contributed by atoms with E-state index in [2.05, 4.69) is 0 Å². The van der Waals surface area contributed by atoms with Crippen molar-refractivity contribution in [2.45, 2.75) is 18.7 Å². The van der Waals surface area contributed by atoms with Crippen LogP contribution in [0.2, 0.25) is 10.0 Å². The van der Waals surface area contributed by atoms with Crippen molar-refractivity contribution in [2.24, 2.45) is 5.10 Å². The SMILES string of the molecule is Clc1cccc([C@@H]2Oc3ccc(Cl)cc3[C@H]3CC(c4ccco4)=NN32)c1. The molecule has 0 saturated carbocycles. The highest BCUT2D eigenvalue weighted by Crippen LogP contribution is 2.48. The molecule has 2 aliphatic rings. The van der Waals surface area contributed by atoms with E-state index in [0.717, 1.165) is 34.8 Å². The molecule has 0 amide bonds. The molecule has 2 atom stereocenters. The molecule has 0 fully saturated rings. The summed E-state index contributed by atoms with van der Waals surface area (Å²) < 4.78 is 11.8. The summed E-state index contributed by atoms with van der Waals surface area (Å²) in [6.07, 6.45) is 2.02. The number of hydrogen-bond donors (Lipinski definition) is 0. The summed E-state index contributed by atoms with van der Waals surface area (Å²) in [5, 5.41) is 8.13. The van der Waals surface area contributed by atoms with E-state index in [4.69, 9.17) is 37.5 Å².